The molecule has 0 bridgehead atoms. The van der Waals surface area contributed by atoms with Gasteiger partial charge in [-0.2, -0.15) is 0 Å². The van der Waals surface area contributed by atoms with Gasteiger partial charge < -0.3 is 18.9 Å². The summed E-state index contributed by atoms with van der Waals surface area (Å²) in [4.78, 5) is 15.1. The number of hydrogen-bond acceptors (Lipinski definition) is 7. The molecule has 0 atom stereocenters. The van der Waals surface area contributed by atoms with E-state index in [0.717, 1.165) is 57.6 Å². The Bertz CT molecular complexity index is 906. The van der Waals surface area contributed by atoms with Crippen molar-refractivity contribution < 1.29 is 23.7 Å². The molecular formula is C26H38N4O5. The number of morpholine rings is 1. The fourth-order valence-electron chi connectivity index (χ4n) is 4.68. The van der Waals surface area contributed by atoms with Crippen LogP contribution in [0.5, 0.6) is 5.88 Å². The van der Waals surface area contributed by atoms with Gasteiger partial charge in [0.05, 0.1) is 38.2 Å². The molecule has 1 aromatic carbocycles. The molecule has 9 nitrogen and oxygen atoms in total. The number of nitrogens with one attached hydrogen (secondary N) is 1. The van der Waals surface area contributed by atoms with Gasteiger partial charge in [-0.3, -0.25) is 14.9 Å². The van der Waals surface area contributed by atoms with Crippen LogP contribution in [0.25, 0.3) is 0 Å². The molecule has 1 aliphatic heterocycles. The summed E-state index contributed by atoms with van der Waals surface area (Å²) >= 11 is 0. The van der Waals surface area contributed by atoms with Crippen LogP contribution < -0.4 is 10.1 Å². The van der Waals surface area contributed by atoms with Crippen LogP contribution >= 0.6 is 0 Å². The second kappa shape index (κ2) is 12.9. The largest absolute Gasteiger partial charge is 0.473 e. The average molecular weight is 487 g/mol. The summed E-state index contributed by atoms with van der Waals surface area (Å²) in [5, 5.41) is 7.51. The van der Waals surface area contributed by atoms with E-state index in [1.165, 1.54) is 0 Å². The molecule has 0 unspecified atom stereocenters. The third-order valence-electron chi connectivity index (χ3n) is 6.52. The van der Waals surface area contributed by atoms with Crippen molar-refractivity contribution in [1.29, 1.82) is 0 Å². The summed E-state index contributed by atoms with van der Waals surface area (Å²) < 4.78 is 24.3. The van der Waals surface area contributed by atoms with Crippen molar-refractivity contribution in [3.05, 3.63) is 42.1 Å². The molecule has 2 heterocycles. The van der Waals surface area contributed by atoms with Gasteiger partial charge in [0.15, 0.2) is 0 Å². The number of amides is 1. The predicted molar refractivity (Wildman–Crippen MR) is 133 cm³/mol. The first-order valence-electron chi connectivity index (χ1n) is 12.7. The van der Waals surface area contributed by atoms with E-state index in [2.05, 4.69) is 10.2 Å². The Morgan fingerprint density at radius 3 is 2.51 bits per heavy atom. The fourth-order valence-corrected chi connectivity index (χ4v) is 4.68. The molecule has 0 radical (unpaired) electrons. The lowest BCUT2D eigenvalue weighted by molar-refractivity contribution is 0.00501. The quantitative estimate of drug-likeness (QED) is 0.502. The molecule has 2 aromatic rings. The van der Waals surface area contributed by atoms with Crippen LogP contribution in [0.3, 0.4) is 0 Å². The van der Waals surface area contributed by atoms with E-state index in [1.807, 2.05) is 55.1 Å². The second-order valence-corrected chi connectivity index (χ2v) is 9.39. The molecule has 2 fully saturated rings. The van der Waals surface area contributed by atoms with E-state index in [0.29, 0.717) is 30.8 Å². The second-order valence-electron chi connectivity index (χ2n) is 9.39. The lowest BCUT2D eigenvalue weighted by Crippen LogP contribution is -2.45. The molecule has 1 saturated carbocycles. The highest BCUT2D eigenvalue weighted by Gasteiger charge is 2.29. The van der Waals surface area contributed by atoms with Gasteiger partial charge in [0.2, 0.25) is 0 Å². The molecule has 192 valence electrons. The number of carbonyl (C=O) groups excluding carboxylic acids is 1. The molecule has 2 aliphatic rings. The van der Waals surface area contributed by atoms with E-state index in [4.69, 9.17) is 24.0 Å². The maximum Gasteiger partial charge on any atom is 0.412 e. The number of anilines is 1. The molecule has 1 amide bonds. The Labute approximate surface area is 207 Å². The van der Waals surface area contributed by atoms with E-state index < -0.39 is 6.09 Å². The zero-order valence-corrected chi connectivity index (χ0v) is 20.9. The summed E-state index contributed by atoms with van der Waals surface area (Å²) in [5.41, 5.74) is 1.44. The van der Waals surface area contributed by atoms with Gasteiger partial charge in [-0.1, -0.05) is 30.3 Å². The van der Waals surface area contributed by atoms with Crippen molar-refractivity contribution in [3.8, 4) is 5.88 Å². The Balaban J connectivity index is 1.36. The minimum atomic E-state index is -0.535. The first-order valence-corrected chi connectivity index (χ1v) is 12.7. The Morgan fingerprint density at radius 1 is 1.09 bits per heavy atom. The molecule has 1 N–H and O–H groups in total. The molecule has 1 aromatic heterocycles. The van der Waals surface area contributed by atoms with Gasteiger partial charge in [0.25, 0.3) is 5.88 Å². The van der Waals surface area contributed by atoms with E-state index >= 15 is 0 Å². The van der Waals surface area contributed by atoms with Crippen LogP contribution in [0.15, 0.2) is 36.5 Å². The van der Waals surface area contributed by atoms with Crippen LogP contribution in [-0.4, -0.2) is 72.4 Å². The first kappa shape index (κ1) is 25.5. The Hall–Kier alpha value is -2.62. The minimum Gasteiger partial charge on any atom is -0.473 e. The third kappa shape index (κ3) is 7.68. The number of rotatable bonds is 10. The van der Waals surface area contributed by atoms with Crippen molar-refractivity contribution in [2.24, 2.45) is 0 Å². The van der Waals surface area contributed by atoms with Crippen LogP contribution in [0.4, 0.5) is 10.5 Å². The van der Waals surface area contributed by atoms with Gasteiger partial charge in [0.1, 0.15) is 18.9 Å². The summed E-state index contributed by atoms with van der Waals surface area (Å²) in [6.45, 7) is 8.67. The molecule has 1 aliphatic carbocycles. The molecule has 35 heavy (non-hydrogen) atoms. The zero-order chi connectivity index (χ0) is 24.5. The van der Waals surface area contributed by atoms with Crippen molar-refractivity contribution in [2.45, 2.75) is 64.3 Å². The number of nitrogens with zero attached hydrogens (tertiary/aromatic N) is 3. The fraction of sp³-hybridized carbons (Fsp3) is 0.615. The van der Waals surface area contributed by atoms with Crippen molar-refractivity contribution in [2.75, 3.05) is 44.8 Å². The maximum atomic E-state index is 12.5. The van der Waals surface area contributed by atoms with Gasteiger partial charge >= 0.3 is 6.09 Å². The number of carbonyl (C=O) groups is 1. The number of benzene rings is 1. The number of ether oxygens (including phenoxy) is 4. The highest BCUT2D eigenvalue weighted by molar-refractivity contribution is 5.86. The predicted octanol–water partition coefficient (Wildman–Crippen LogP) is 4.25. The van der Waals surface area contributed by atoms with Crippen LogP contribution in [0.2, 0.25) is 0 Å². The summed E-state index contributed by atoms with van der Waals surface area (Å²) in [6.07, 6.45) is 5.79. The topological polar surface area (TPSA) is 87.1 Å². The van der Waals surface area contributed by atoms with Gasteiger partial charge in [0, 0.05) is 19.1 Å². The summed E-state index contributed by atoms with van der Waals surface area (Å²) in [5.74, 6) is 0.393. The van der Waals surface area contributed by atoms with Gasteiger partial charge in [-0.25, -0.2) is 4.79 Å². The van der Waals surface area contributed by atoms with Gasteiger partial charge in [-0.05, 0) is 45.1 Å². The SMILES string of the molecule is CC(C)OCCOc1nn([C@H]2CC[C@H](N3CCOCC3)CC2)cc1NC(=O)OCc1ccccc1. The van der Waals surface area contributed by atoms with Gasteiger partial charge in [-0.15, -0.1) is 5.10 Å². The Kier molecular flexibility index (Phi) is 9.39. The zero-order valence-electron chi connectivity index (χ0n) is 20.9. The normalized spacial score (nSPS) is 21.1. The van der Waals surface area contributed by atoms with Crippen molar-refractivity contribution in [3.63, 3.8) is 0 Å². The molecule has 1 saturated heterocycles. The number of aromatic nitrogens is 2. The third-order valence-corrected chi connectivity index (χ3v) is 6.52. The van der Waals surface area contributed by atoms with Crippen LogP contribution in [0, 0.1) is 0 Å². The minimum absolute atomic E-state index is 0.128. The highest BCUT2D eigenvalue weighted by Crippen LogP contribution is 2.34. The van der Waals surface area contributed by atoms with E-state index in [1.54, 1.807) is 0 Å². The van der Waals surface area contributed by atoms with Crippen molar-refractivity contribution in [1.82, 2.24) is 14.7 Å². The lowest BCUT2D eigenvalue weighted by Gasteiger charge is -2.38. The molecule has 4 rings (SSSR count). The standard InChI is InChI=1S/C26H38N4O5/c1-20(2)33-16-17-34-25-24(27-26(31)35-19-21-6-4-3-5-7-21)18-30(28-25)23-10-8-22(9-11-23)29-12-14-32-15-13-29/h3-7,18,20,22-23H,8-17,19H2,1-2H3,(H,27,31)/t22-,23-. The van der Waals surface area contributed by atoms with Crippen LogP contribution in [0.1, 0.15) is 51.1 Å². The summed E-state index contributed by atoms with van der Waals surface area (Å²) in [7, 11) is 0. The molecule has 0 spiro atoms. The maximum absolute atomic E-state index is 12.5. The molecule has 9 heteroatoms. The Morgan fingerprint density at radius 2 is 1.80 bits per heavy atom. The van der Waals surface area contributed by atoms with Crippen molar-refractivity contribution >= 4 is 11.8 Å². The highest BCUT2D eigenvalue weighted by atomic mass is 16.6. The number of hydrogen-bond donors (Lipinski definition) is 1. The van der Waals surface area contributed by atoms with E-state index in [9.17, 15) is 4.79 Å². The van der Waals surface area contributed by atoms with E-state index in [-0.39, 0.29) is 18.8 Å². The average Bonchev–Trinajstić information content (AvgIpc) is 3.29. The van der Waals surface area contributed by atoms with Crippen LogP contribution in [-0.2, 0) is 20.8 Å². The first-order chi connectivity index (χ1) is 17.1. The monoisotopic (exact) mass is 486 g/mol. The smallest absolute Gasteiger partial charge is 0.412 e. The molecular weight excluding hydrogens is 448 g/mol. The lowest BCUT2D eigenvalue weighted by atomic mass is 9.90. The summed E-state index contributed by atoms with van der Waals surface area (Å²) in [6, 6.07) is 10.5.